The number of unbranched alkanes of at least 4 members (excludes halogenated alkanes) is 1. The predicted molar refractivity (Wildman–Crippen MR) is 94.6 cm³/mol. The van der Waals surface area contributed by atoms with Crippen LogP contribution in [-0.2, 0) is 0 Å². The molecule has 0 radical (unpaired) electrons. The first-order valence-corrected chi connectivity index (χ1v) is 9.79. The second-order valence-electron chi connectivity index (χ2n) is 8.09. The molecule has 0 saturated heterocycles. The van der Waals surface area contributed by atoms with Crippen LogP contribution in [0.3, 0.4) is 0 Å². The van der Waals surface area contributed by atoms with Crippen LogP contribution in [0.5, 0.6) is 0 Å². The number of rotatable bonds is 11. The SMILES string of the molecule is CCCC[N+](C)(c1ccccc1)C(F)(F)C(F)(F)C(F)(F)C(F)(F)C(F)(F)C(F)(F)C(F)(F)C(F)(F)F. The van der Waals surface area contributed by atoms with Crippen molar-refractivity contribution < 1.29 is 74.6 Å². The van der Waals surface area contributed by atoms with Crippen molar-refractivity contribution in [2.75, 3.05) is 13.6 Å². The Bertz CT molecular complexity index is 922. The van der Waals surface area contributed by atoms with Crippen LogP contribution in [0.15, 0.2) is 30.3 Å². The summed E-state index contributed by atoms with van der Waals surface area (Å²) in [4.78, 5) is 0. The van der Waals surface area contributed by atoms with Crippen LogP contribution in [0.2, 0.25) is 0 Å². The van der Waals surface area contributed by atoms with Gasteiger partial charge in [0, 0.05) is 0 Å². The van der Waals surface area contributed by atoms with Gasteiger partial charge in [-0.25, -0.2) is 4.48 Å². The minimum atomic E-state index is -8.64. The maximum absolute atomic E-state index is 15.0. The van der Waals surface area contributed by atoms with Crippen LogP contribution in [0.4, 0.5) is 80.3 Å². The molecule has 0 saturated carbocycles. The van der Waals surface area contributed by atoms with Crippen molar-refractivity contribution in [3.63, 3.8) is 0 Å². The Balaban J connectivity index is 3.85. The van der Waals surface area contributed by atoms with Crippen molar-refractivity contribution in [1.82, 2.24) is 4.48 Å². The maximum Gasteiger partial charge on any atom is 0.466 e. The average molecular weight is 582 g/mol. The molecule has 1 aromatic rings. The summed E-state index contributed by atoms with van der Waals surface area (Å²) in [6.07, 6.45) is -8.39. The van der Waals surface area contributed by atoms with Gasteiger partial charge in [0.15, 0.2) is 0 Å². The van der Waals surface area contributed by atoms with Crippen LogP contribution < -0.4 is 4.48 Å². The molecule has 0 aliphatic rings. The fraction of sp³-hybridized carbons (Fsp3) is 0.684. The Hall–Kier alpha value is -2.01. The zero-order valence-corrected chi connectivity index (χ0v) is 18.4. The molecule has 0 bridgehead atoms. The highest BCUT2D eigenvalue weighted by molar-refractivity contribution is 5.44. The van der Waals surface area contributed by atoms with Crippen molar-refractivity contribution >= 4 is 5.69 Å². The van der Waals surface area contributed by atoms with E-state index in [0.717, 1.165) is 18.2 Å². The standard InChI is InChI=1S/C19H17F17N/c1-3-4-10-37(2,11-8-6-5-7-9-11)19(35,36)17(30,31)15(26,27)13(22,23)12(20,21)14(24,25)16(28,29)18(32,33)34/h5-9H,3-4,10H2,1-2H3/q+1. The van der Waals surface area contributed by atoms with Gasteiger partial charge < -0.3 is 0 Å². The summed E-state index contributed by atoms with van der Waals surface area (Å²) < 4.78 is 229. The van der Waals surface area contributed by atoms with Crippen LogP contribution >= 0.6 is 0 Å². The van der Waals surface area contributed by atoms with Gasteiger partial charge in [-0.15, -0.1) is 8.78 Å². The first kappa shape index (κ1) is 33.0. The van der Waals surface area contributed by atoms with E-state index in [1.54, 1.807) is 0 Å². The normalized spacial score (nSPS) is 17.1. The Morgan fingerprint density at radius 1 is 0.541 bits per heavy atom. The third-order valence-corrected chi connectivity index (χ3v) is 5.61. The summed E-state index contributed by atoms with van der Waals surface area (Å²) in [6, 6.07) is -2.44. The molecule has 1 atom stereocenters. The molecule has 1 aromatic carbocycles. The maximum atomic E-state index is 15.0. The van der Waals surface area contributed by atoms with Crippen molar-refractivity contribution in [3.05, 3.63) is 30.3 Å². The van der Waals surface area contributed by atoms with Crippen molar-refractivity contribution in [2.45, 2.75) is 67.5 Å². The smallest absolute Gasteiger partial charge is 0.228 e. The first-order valence-electron chi connectivity index (χ1n) is 9.79. The van der Waals surface area contributed by atoms with E-state index in [2.05, 4.69) is 0 Å². The Kier molecular flexibility index (Phi) is 8.32. The van der Waals surface area contributed by atoms with E-state index < -0.39 is 70.9 Å². The lowest BCUT2D eigenvalue weighted by molar-refractivity contribution is -0.466. The summed E-state index contributed by atoms with van der Waals surface area (Å²) in [5.41, 5.74) is -0.986. The number of hydrogen-bond acceptors (Lipinski definition) is 0. The quantitative estimate of drug-likeness (QED) is 0.140. The fourth-order valence-corrected chi connectivity index (χ4v) is 3.13. The number of halogens is 17. The van der Waals surface area contributed by atoms with Gasteiger partial charge >= 0.3 is 47.8 Å². The highest BCUT2D eigenvalue weighted by atomic mass is 19.4. The molecule has 0 heterocycles. The van der Waals surface area contributed by atoms with Crippen molar-refractivity contribution in [1.29, 1.82) is 0 Å². The number of quaternary nitrogens is 1. The van der Waals surface area contributed by atoms with E-state index in [1.165, 1.54) is 6.92 Å². The lowest BCUT2D eigenvalue weighted by Crippen LogP contribution is -2.78. The number of hydrogen-bond donors (Lipinski definition) is 0. The first-order chi connectivity index (χ1) is 16.2. The van der Waals surface area contributed by atoms with Gasteiger partial charge in [-0.1, -0.05) is 31.5 Å². The van der Waals surface area contributed by atoms with E-state index in [1.807, 2.05) is 0 Å². The van der Waals surface area contributed by atoms with Gasteiger partial charge in [0.1, 0.15) is 5.69 Å². The molecule has 0 amide bonds. The molecule has 0 aliphatic carbocycles. The minimum Gasteiger partial charge on any atom is -0.228 e. The molecule has 1 rings (SSSR count). The monoisotopic (exact) mass is 582 g/mol. The summed E-state index contributed by atoms with van der Waals surface area (Å²) in [7, 11) is 0.0810. The largest absolute Gasteiger partial charge is 0.466 e. The molecule has 216 valence electrons. The Morgan fingerprint density at radius 3 is 1.24 bits per heavy atom. The molecule has 0 aromatic heterocycles. The molecular formula is C19H17F17N+. The summed E-state index contributed by atoms with van der Waals surface area (Å²) >= 11 is 0. The molecule has 0 spiro atoms. The highest BCUT2D eigenvalue weighted by Crippen LogP contribution is 2.64. The van der Waals surface area contributed by atoms with Gasteiger partial charge in [-0.2, -0.15) is 65.9 Å². The van der Waals surface area contributed by atoms with Crippen molar-refractivity contribution in [2.24, 2.45) is 0 Å². The van der Waals surface area contributed by atoms with Gasteiger partial charge in [0.25, 0.3) is 0 Å². The Labute approximate surface area is 197 Å². The number of alkyl halides is 17. The van der Waals surface area contributed by atoms with Gasteiger partial charge in [-0.3, -0.25) is 0 Å². The van der Waals surface area contributed by atoms with Crippen LogP contribution in [0, 0.1) is 0 Å². The fourth-order valence-electron chi connectivity index (χ4n) is 3.13. The molecule has 0 N–H and O–H groups in total. The predicted octanol–water partition coefficient (Wildman–Crippen LogP) is 8.39. The van der Waals surface area contributed by atoms with E-state index in [9.17, 15) is 65.9 Å². The highest BCUT2D eigenvalue weighted by Gasteiger charge is 2.97. The van der Waals surface area contributed by atoms with E-state index >= 15 is 8.78 Å². The molecule has 0 fully saturated rings. The topological polar surface area (TPSA) is 0 Å². The second kappa shape index (κ2) is 9.32. The number of para-hydroxylation sites is 1. The van der Waals surface area contributed by atoms with E-state index in [-0.39, 0.29) is 13.5 Å². The Morgan fingerprint density at radius 2 is 0.892 bits per heavy atom. The van der Waals surface area contributed by atoms with Crippen LogP contribution in [0.1, 0.15) is 19.8 Å². The number of nitrogens with zero attached hydrogens (tertiary/aromatic N) is 1. The summed E-state index contributed by atoms with van der Waals surface area (Å²) in [5.74, 6) is -50.0. The lowest BCUT2D eigenvalue weighted by atomic mass is 9.89. The van der Waals surface area contributed by atoms with E-state index in [0.29, 0.717) is 12.1 Å². The van der Waals surface area contributed by atoms with Gasteiger partial charge in [0.05, 0.1) is 13.6 Å². The molecule has 37 heavy (non-hydrogen) atoms. The van der Waals surface area contributed by atoms with Gasteiger partial charge in [0.2, 0.25) is 0 Å². The number of benzene rings is 1. The van der Waals surface area contributed by atoms with E-state index in [4.69, 9.17) is 0 Å². The molecule has 1 nitrogen and oxygen atoms in total. The third-order valence-electron chi connectivity index (χ3n) is 5.61. The zero-order chi connectivity index (χ0) is 29.7. The third kappa shape index (κ3) is 4.39. The lowest BCUT2D eigenvalue weighted by Gasteiger charge is -2.47. The zero-order valence-electron chi connectivity index (χ0n) is 18.4. The van der Waals surface area contributed by atoms with Crippen LogP contribution in [-0.4, -0.2) is 61.4 Å². The molecule has 0 aliphatic heterocycles. The molecule has 18 heteroatoms. The molecular weight excluding hydrogens is 565 g/mol. The van der Waals surface area contributed by atoms with Crippen LogP contribution in [0.25, 0.3) is 0 Å². The summed E-state index contributed by atoms with van der Waals surface area (Å²) in [6.45, 7) is 0.0152. The van der Waals surface area contributed by atoms with Crippen molar-refractivity contribution in [3.8, 4) is 0 Å². The van der Waals surface area contributed by atoms with Gasteiger partial charge in [-0.05, 0) is 18.6 Å². The second-order valence-corrected chi connectivity index (χ2v) is 8.09. The average Bonchev–Trinajstić information content (AvgIpc) is 2.76. The molecule has 1 unspecified atom stereocenters. The summed E-state index contributed by atoms with van der Waals surface area (Å²) in [5, 5.41) is 0. The minimum absolute atomic E-state index is 0.0810.